The van der Waals surface area contributed by atoms with Crippen molar-refractivity contribution in [2.45, 2.75) is 25.8 Å². The lowest BCUT2D eigenvalue weighted by Crippen LogP contribution is -2.34. The lowest BCUT2D eigenvalue weighted by molar-refractivity contribution is 0.447. The minimum Gasteiger partial charge on any atom is -0.506 e. The van der Waals surface area contributed by atoms with E-state index in [9.17, 15) is 9.50 Å². The second-order valence-electron chi connectivity index (χ2n) is 4.06. The van der Waals surface area contributed by atoms with E-state index in [1.807, 2.05) is 0 Å². The number of phenols is 1. The van der Waals surface area contributed by atoms with Crippen LogP contribution in [-0.2, 0) is 6.42 Å². The van der Waals surface area contributed by atoms with Crippen molar-refractivity contribution in [1.29, 1.82) is 0 Å². The molecule has 2 nitrogen and oxygen atoms in total. The largest absolute Gasteiger partial charge is 0.506 e. The summed E-state index contributed by atoms with van der Waals surface area (Å²) in [6.45, 7) is 3.59. The van der Waals surface area contributed by atoms with E-state index in [0.29, 0.717) is 12.0 Å². The van der Waals surface area contributed by atoms with Gasteiger partial charge in [-0.1, -0.05) is 11.6 Å². The molecule has 78 valence electrons. The predicted molar refractivity (Wildman–Crippen MR) is 55.0 cm³/mol. The summed E-state index contributed by atoms with van der Waals surface area (Å²) in [5, 5.41) is 9.55. The Bertz CT molecular complexity index is 347. The second kappa shape index (κ2) is 3.75. The van der Waals surface area contributed by atoms with E-state index in [4.69, 9.17) is 17.3 Å². The molecule has 0 amide bonds. The van der Waals surface area contributed by atoms with Crippen LogP contribution >= 0.6 is 11.6 Å². The molecule has 1 aromatic carbocycles. The average molecular weight is 218 g/mol. The Labute approximate surface area is 87.5 Å². The molecule has 0 bridgehead atoms. The van der Waals surface area contributed by atoms with E-state index in [1.54, 1.807) is 13.8 Å². The van der Waals surface area contributed by atoms with E-state index in [0.717, 1.165) is 6.07 Å². The van der Waals surface area contributed by atoms with E-state index in [2.05, 4.69) is 0 Å². The Morgan fingerprint density at radius 2 is 2.07 bits per heavy atom. The van der Waals surface area contributed by atoms with Gasteiger partial charge in [0.25, 0.3) is 0 Å². The molecule has 0 aliphatic rings. The van der Waals surface area contributed by atoms with Gasteiger partial charge in [-0.2, -0.15) is 0 Å². The molecule has 0 atom stereocenters. The van der Waals surface area contributed by atoms with Crippen LogP contribution in [0.2, 0.25) is 5.02 Å². The topological polar surface area (TPSA) is 46.2 Å². The van der Waals surface area contributed by atoms with Crippen molar-refractivity contribution in [2.24, 2.45) is 5.73 Å². The molecule has 1 rings (SSSR count). The first kappa shape index (κ1) is 11.3. The van der Waals surface area contributed by atoms with Gasteiger partial charge in [0.05, 0.1) is 5.02 Å². The monoisotopic (exact) mass is 217 g/mol. The number of phenolic OH excluding ortho intramolecular Hbond substituents is 1. The molecular weight excluding hydrogens is 205 g/mol. The molecule has 0 fully saturated rings. The number of rotatable bonds is 2. The van der Waals surface area contributed by atoms with Gasteiger partial charge in [-0.25, -0.2) is 4.39 Å². The van der Waals surface area contributed by atoms with Crippen LogP contribution < -0.4 is 5.73 Å². The maximum absolute atomic E-state index is 12.9. The molecule has 4 heteroatoms. The molecule has 1 aromatic rings. The number of halogens is 2. The Morgan fingerprint density at radius 1 is 1.50 bits per heavy atom. The Morgan fingerprint density at radius 3 is 2.57 bits per heavy atom. The van der Waals surface area contributed by atoms with E-state index in [-0.39, 0.29) is 10.8 Å². The zero-order valence-electron chi connectivity index (χ0n) is 8.14. The smallest absolute Gasteiger partial charge is 0.137 e. The third-order valence-electron chi connectivity index (χ3n) is 1.75. The lowest BCUT2D eigenvalue weighted by atomic mass is 9.95. The lowest BCUT2D eigenvalue weighted by Gasteiger charge is -2.19. The SMILES string of the molecule is CC(C)(N)Cc1cc(F)cc(Cl)c1O. The van der Waals surface area contributed by atoms with Gasteiger partial charge in [0.2, 0.25) is 0 Å². The van der Waals surface area contributed by atoms with Gasteiger partial charge < -0.3 is 10.8 Å². The number of nitrogens with two attached hydrogens (primary N) is 1. The van der Waals surface area contributed by atoms with Crippen LogP contribution in [0.5, 0.6) is 5.75 Å². The minimum absolute atomic E-state index is 0.0178. The van der Waals surface area contributed by atoms with Gasteiger partial charge in [0.15, 0.2) is 0 Å². The van der Waals surface area contributed by atoms with Gasteiger partial charge in [0.1, 0.15) is 11.6 Å². The summed E-state index contributed by atoms with van der Waals surface area (Å²) in [7, 11) is 0. The second-order valence-corrected chi connectivity index (χ2v) is 4.47. The van der Waals surface area contributed by atoms with Crippen LogP contribution in [0.25, 0.3) is 0 Å². The summed E-state index contributed by atoms with van der Waals surface area (Å²) in [5.41, 5.74) is 5.69. The standard InChI is InChI=1S/C10H13ClFNO/c1-10(2,13)5-6-3-7(12)4-8(11)9(6)14/h3-4,14H,5,13H2,1-2H3. The molecule has 0 unspecified atom stereocenters. The quantitative estimate of drug-likeness (QED) is 0.800. The maximum Gasteiger partial charge on any atom is 0.137 e. The molecule has 0 heterocycles. The molecule has 0 aliphatic heterocycles. The van der Waals surface area contributed by atoms with Crippen molar-refractivity contribution in [3.05, 3.63) is 28.5 Å². The third-order valence-corrected chi connectivity index (χ3v) is 2.04. The van der Waals surface area contributed by atoms with Gasteiger partial charge in [-0.05, 0) is 32.4 Å². The summed E-state index contributed by atoms with van der Waals surface area (Å²) >= 11 is 5.62. The number of aromatic hydroxyl groups is 1. The molecule has 14 heavy (non-hydrogen) atoms. The highest BCUT2D eigenvalue weighted by Crippen LogP contribution is 2.30. The predicted octanol–water partition coefficient (Wildman–Crippen LogP) is 2.46. The number of hydrogen-bond acceptors (Lipinski definition) is 2. The van der Waals surface area contributed by atoms with Crippen molar-refractivity contribution in [3.63, 3.8) is 0 Å². The van der Waals surface area contributed by atoms with Crippen molar-refractivity contribution in [3.8, 4) is 5.75 Å². The Hall–Kier alpha value is -0.800. The van der Waals surface area contributed by atoms with E-state index >= 15 is 0 Å². The zero-order chi connectivity index (χ0) is 10.9. The van der Waals surface area contributed by atoms with Crippen LogP contribution in [0.1, 0.15) is 19.4 Å². The summed E-state index contributed by atoms with van der Waals surface area (Å²) in [6.07, 6.45) is 0.371. The van der Waals surface area contributed by atoms with Crippen LogP contribution in [0.15, 0.2) is 12.1 Å². The summed E-state index contributed by atoms with van der Waals surface area (Å²) in [6, 6.07) is 2.32. The van der Waals surface area contributed by atoms with Crippen molar-refractivity contribution in [2.75, 3.05) is 0 Å². The third kappa shape index (κ3) is 2.86. The first-order valence-corrected chi connectivity index (χ1v) is 4.63. The van der Waals surface area contributed by atoms with Gasteiger partial charge in [-0.15, -0.1) is 0 Å². The first-order valence-electron chi connectivity index (χ1n) is 4.25. The maximum atomic E-state index is 12.9. The number of benzene rings is 1. The van der Waals surface area contributed by atoms with Crippen molar-refractivity contribution >= 4 is 11.6 Å². The van der Waals surface area contributed by atoms with Crippen molar-refractivity contribution in [1.82, 2.24) is 0 Å². The van der Waals surface area contributed by atoms with Crippen LogP contribution in [0.3, 0.4) is 0 Å². The van der Waals surface area contributed by atoms with Crippen LogP contribution in [0.4, 0.5) is 4.39 Å². The number of hydrogen-bond donors (Lipinski definition) is 2. The average Bonchev–Trinajstić information content (AvgIpc) is 1.96. The minimum atomic E-state index is -0.505. The Balaban J connectivity index is 3.09. The van der Waals surface area contributed by atoms with Crippen LogP contribution in [0, 0.1) is 5.82 Å². The fourth-order valence-corrected chi connectivity index (χ4v) is 1.47. The molecule has 0 radical (unpaired) electrons. The van der Waals surface area contributed by atoms with Gasteiger partial charge in [-0.3, -0.25) is 0 Å². The molecule has 0 saturated heterocycles. The van der Waals surface area contributed by atoms with E-state index < -0.39 is 11.4 Å². The first-order chi connectivity index (χ1) is 6.29. The normalized spacial score (nSPS) is 11.8. The highest BCUT2D eigenvalue weighted by Gasteiger charge is 2.16. The highest BCUT2D eigenvalue weighted by atomic mass is 35.5. The van der Waals surface area contributed by atoms with Crippen LogP contribution in [-0.4, -0.2) is 10.6 Å². The zero-order valence-corrected chi connectivity index (χ0v) is 8.90. The molecular formula is C10H13ClFNO. The summed E-state index contributed by atoms with van der Waals surface area (Å²) in [5.74, 6) is -0.557. The molecule has 0 aromatic heterocycles. The summed E-state index contributed by atoms with van der Waals surface area (Å²) in [4.78, 5) is 0. The van der Waals surface area contributed by atoms with Gasteiger partial charge >= 0.3 is 0 Å². The summed E-state index contributed by atoms with van der Waals surface area (Å²) < 4.78 is 12.9. The molecule has 3 N–H and O–H groups in total. The fourth-order valence-electron chi connectivity index (χ4n) is 1.24. The van der Waals surface area contributed by atoms with Gasteiger partial charge in [0, 0.05) is 11.1 Å². The molecule has 0 spiro atoms. The molecule has 0 aliphatic carbocycles. The van der Waals surface area contributed by atoms with Crippen molar-refractivity contribution < 1.29 is 9.50 Å². The fraction of sp³-hybridized carbons (Fsp3) is 0.400. The molecule has 0 saturated carbocycles. The van der Waals surface area contributed by atoms with E-state index in [1.165, 1.54) is 6.07 Å². The highest BCUT2D eigenvalue weighted by molar-refractivity contribution is 6.32. The Kier molecular flexibility index (Phi) is 3.02.